The molecule has 0 saturated carbocycles. The fraction of sp³-hybridized carbons (Fsp3) is 0.538. The summed E-state index contributed by atoms with van der Waals surface area (Å²) in [6.45, 7) is 1.39. The molecule has 0 N–H and O–H groups in total. The normalized spacial score (nSPS) is 19.2. The molecule has 1 aromatic carbocycles. The summed E-state index contributed by atoms with van der Waals surface area (Å²) in [5, 5.41) is 0.791. The first-order valence-corrected chi connectivity index (χ1v) is 6.85. The molecule has 1 saturated heterocycles. The predicted molar refractivity (Wildman–Crippen MR) is 66.3 cm³/mol. The molecule has 1 aromatic rings. The van der Waals surface area contributed by atoms with Gasteiger partial charge in [0.2, 0.25) is 0 Å². The van der Waals surface area contributed by atoms with Crippen LogP contribution in [0.3, 0.4) is 0 Å². The van der Waals surface area contributed by atoms with Gasteiger partial charge in [-0.05, 0) is 48.4 Å². The summed E-state index contributed by atoms with van der Waals surface area (Å²) in [7, 11) is 0. The van der Waals surface area contributed by atoms with Crippen molar-refractivity contribution in [1.82, 2.24) is 0 Å². The van der Waals surface area contributed by atoms with Gasteiger partial charge in [-0.1, -0.05) is 15.9 Å². The van der Waals surface area contributed by atoms with Crippen molar-refractivity contribution in [3.8, 4) is 0 Å². The monoisotopic (exact) mass is 304 g/mol. The average molecular weight is 305 g/mol. The molecular weight excluding hydrogens is 290 g/mol. The molecule has 4 heteroatoms. The number of alkyl halides is 1. The summed E-state index contributed by atoms with van der Waals surface area (Å²) < 4.78 is 32.1. The van der Waals surface area contributed by atoms with Gasteiger partial charge in [0.25, 0.3) is 0 Å². The minimum Gasteiger partial charge on any atom is -0.381 e. The molecule has 0 spiro atoms. The summed E-state index contributed by atoms with van der Waals surface area (Å²) in [6, 6.07) is 3.66. The predicted octanol–water partition coefficient (Wildman–Crippen LogP) is 3.70. The van der Waals surface area contributed by atoms with Crippen molar-refractivity contribution in [1.29, 1.82) is 0 Å². The molecule has 1 aliphatic rings. The minimum absolute atomic E-state index is 0.00706. The van der Waals surface area contributed by atoms with Crippen LogP contribution in [0.1, 0.15) is 18.4 Å². The number of halogens is 3. The third kappa shape index (κ3) is 3.05. The van der Waals surface area contributed by atoms with Gasteiger partial charge in [0.15, 0.2) is 0 Å². The van der Waals surface area contributed by atoms with Crippen molar-refractivity contribution in [2.75, 3.05) is 18.5 Å². The summed E-state index contributed by atoms with van der Waals surface area (Å²) in [5.74, 6) is -0.698. The summed E-state index contributed by atoms with van der Waals surface area (Å²) in [6.07, 6.45) is 2.33. The second-order valence-electron chi connectivity index (χ2n) is 4.66. The van der Waals surface area contributed by atoms with Gasteiger partial charge < -0.3 is 4.74 Å². The topological polar surface area (TPSA) is 9.23 Å². The molecule has 1 fully saturated rings. The van der Waals surface area contributed by atoms with Crippen LogP contribution in [0, 0.1) is 17.0 Å². The Labute approximate surface area is 108 Å². The largest absolute Gasteiger partial charge is 0.381 e. The van der Waals surface area contributed by atoms with E-state index in [4.69, 9.17) is 4.74 Å². The molecule has 0 aromatic heterocycles. The quantitative estimate of drug-likeness (QED) is 0.774. The molecule has 0 atom stereocenters. The highest BCUT2D eigenvalue weighted by Crippen LogP contribution is 2.36. The smallest absolute Gasteiger partial charge is 0.126 e. The van der Waals surface area contributed by atoms with Crippen LogP contribution in [-0.2, 0) is 11.2 Å². The lowest BCUT2D eigenvalue weighted by Crippen LogP contribution is -2.33. The van der Waals surface area contributed by atoms with Gasteiger partial charge in [0, 0.05) is 18.5 Å². The highest BCUT2D eigenvalue weighted by atomic mass is 79.9. The van der Waals surface area contributed by atoms with E-state index in [1.807, 2.05) is 0 Å². The number of hydrogen-bond acceptors (Lipinski definition) is 1. The van der Waals surface area contributed by atoms with E-state index < -0.39 is 0 Å². The number of ether oxygens (including phenoxy) is 1. The Balaban J connectivity index is 2.20. The molecule has 1 heterocycles. The molecule has 94 valence electrons. The first-order valence-electron chi connectivity index (χ1n) is 5.73. The van der Waals surface area contributed by atoms with E-state index in [9.17, 15) is 8.78 Å². The van der Waals surface area contributed by atoms with Crippen LogP contribution in [0.15, 0.2) is 18.2 Å². The van der Waals surface area contributed by atoms with Gasteiger partial charge in [-0.2, -0.15) is 0 Å². The maximum atomic E-state index is 13.6. The Morgan fingerprint density at radius 3 is 2.59 bits per heavy atom. The highest BCUT2D eigenvalue weighted by Gasteiger charge is 2.32. The van der Waals surface area contributed by atoms with E-state index in [1.54, 1.807) is 0 Å². The Kier molecular flexibility index (Phi) is 4.15. The second-order valence-corrected chi connectivity index (χ2v) is 5.22. The van der Waals surface area contributed by atoms with Gasteiger partial charge in [-0.25, -0.2) is 8.78 Å². The van der Waals surface area contributed by atoms with Crippen molar-refractivity contribution in [2.45, 2.75) is 19.3 Å². The number of rotatable bonds is 3. The van der Waals surface area contributed by atoms with Crippen molar-refractivity contribution in [3.63, 3.8) is 0 Å². The average Bonchev–Trinajstić information content (AvgIpc) is 2.35. The summed E-state index contributed by atoms with van der Waals surface area (Å²) in [5.41, 5.74) is 0.457. The molecule has 0 amide bonds. The van der Waals surface area contributed by atoms with Gasteiger partial charge in [0.1, 0.15) is 11.6 Å². The molecule has 0 aliphatic carbocycles. The lowest BCUT2D eigenvalue weighted by atomic mass is 9.77. The maximum absolute atomic E-state index is 13.6. The van der Waals surface area contributed by atoms with Crippen molar-refractivity contribution < 1.29 is 13.5 Å². The van der Waals surface area contributed by atoms with Crippen LogP contribution in [0.2, 0.25) is 0 Å². The van der Waals surface area contributed by atoms with Gasteiger partial charge in [0.05, 0.1) is 0 Å². The second kappa shape index (κ2) is 5.44. The standard InChI is InChI=1S/C13H15BrF2O/c14-9-13(3-5-17-6-4-13)8-10-7-11(15)1-2-12(10)16/h1-2,7H,3-6,8-9H2. The lowest BCUT2D eigenvalue weighted by molar-refractivity contribution is 0.0266. The van der Waals surface area contributed by atoms with E-state index in [0.717, 1.165) is 24.2 Å². The Morgan fingerprint density at radius 1 is 1.24 bits per heavy atom. The van der Waals surface area contributed by atoms with E-state index in [-0.39, 0.29) is 17.0 Å². The first kappa shape index (κ1) is 13.0. The summed E-state index contributed by atoms with van der Waals surface area (Å²) >= 11 is 3.50. The Morgan fingerprint density at radius 2 is 1.94 bits per heavy atom. The van der Waals surface area contributed by atoms with Crippen LogP contribution in [0.5, 0.6) is 0 Å². The molecule has 1 aliphatic heterocycles. The van der Waals surface area contributed by atoms with Crippen molar-refractivity contribution in [3.05, 3.63) is 35.4 Å². The van der Waals surface area contributed by atoms with Crippen molar-refractivity contribution in [2.24, 2.45) is 5.41 Å². The molecular formula is C13H15BrF2O. The van der Waals surface area contributed by atoms with Crippen LogP contribution in [0.25, 0.3) is 0 Å². The molecule has 2 rings (SSSR count). The minimum atomic E-state index is -0.377. The third-order valence-corrected chi connectivity index (χ3v) is 4.60. The fourth-order valence-electron chi connectivity index (χ4n) is 2.24. The molecule has 1 nitrogen and oxygen atoms in total. The number of hydrogen-bond donors (Lipinski definition) is 0. The Bertz CT molecular complexity index is 389. The van der Waals surface area contributed by atoms with Crippen molar-refractivity contribution >= 4 is 15.9 Å². The summed E-state index contributed by atoms with van der Waals surface area (Å²) in [4.78, 5) is 0. The molecule has 0 unspecified atom stereocenters. The zero-order valence-electron chi connectivity index (χ0n) is 9.52. The zero-order chi connectivity index (χ0) is 12.3. The zero-order valence-corrected chi connectivity index (χ0v) is 11.1. The van der Waals surface area contributed by atoms with E-state index in [0.29, 0.717) is 25.2 Å². The van der Waals surface area contributed by atoms with E-state index >= 15 is 0 Å². The van der Waals surface area contributed by atoms with E-state index in [1.165, 1.54) is 12.1 Å². The van der Waals surface area contributed by atoms with Crippen LogP contribution < -0.4 is 0 Å². The van der Waals surface area contributed by atoms with Gasteiger partial charge in [-0.3, -0.25) is 0 Å². The van der Waals surface area contributed by atoms with Crippen LogP contribution >= 0.6 is 15.9 Å². The fourth-order valence-corrected chi connectivity index (χ4v) is 3.00. The van der Waals surface area contributed by atoms with Crippen LogP contribution in [-0.4, -0.2) is 18.5 Å². The Hall–Kier alpha value is -0.480. The van der Waals surface area contributed by atoms with E-state index in [2.05, 4.69) is 15.9 Å². The first-order chi connectivity index (χ1) is 8.15. The molecule has 0 bridgehead atoms. The third-order valence-electron chi connectivity index (χ3n) is 3.41. The molecule has 0 radical (unpaired) electrons. The number of benzene rings is 1. The SMILES string of the molecule is Fc1ccc(F)c(CC2(CBr)CCOCC2)c1. The van der Waals surface area contributed by atoms with Gasteiger partial charge in [-0.15, -0.1) is 0 Å². The lowest BCUT2D eigenvalue weighted by Gasteiger charge is -2.35. The maximum Gasteiger partial charge on any atom is 0.126 e. The van der Waals surface area contributed by atoms with Gasteiger partial charge >= 0.3 is 0 Å². The molecule has 17 heavy (non-hydrogen) atoms. The van der Waals surface area contributed by atoms with Crippen LogP contribution in [0.4, 0.5) is 8.78 Å². The highest BCUT2D eigenvalue weighted by molar-refractivity contribution is 9.09.